The lowest BCUT2D eigenvalue weighted by Gasteiger charge is -2.27. The number of hydrogen-bond acceptors (Lipinski definition) is 7. The minimum absolute atomic E-state index is 0.0738. The first kappa shape index (κ1) is 33.6. The van der Waals surface area contributed by atoms with Crippen LogP contribution in [0.5, 0.6) is 0 Å². The van der Waals surface area contributed by atoms with Crippen LogP contribution in [0.3, 0.4) is 0 Å². The van der Waals surface area contributed by atoms with Gasteiger partial charge in [-0.2, -0.15) is 0 Å². The normalized spacial score (nSPS) is 13.4. The van der Waals surface area contributed by atoms with Crippen LogP contribution in [0.4, 0.5) is 5.69 Å². The molecule has 1 aliphatic rings. The Labute approximate surface area is 283 Å². The number of esters is 1. The van der Waals surface area contributed by atoms with Crippen LogP contribution in [0.1, 0.15) is 47.1 Å². The maximum absolute atomic E-state index is 13.7. The van der Waals surface area contributed by atoms with Gasteiger partial charge in [0.25, 0.3) is 11.8 Å². The van der Waals surface area contributed by atoms with E-state index in [1.165, 1.54) is 11.9 Å². The molecular formula is C35H35Cl2N3O5S. The average Bonchev–Trinajstić information content (AvgIpc) is 3.01. The lowest BCUT2D eigenvalue weighted by atomic mass is 10.0. The van der Waals surface area contributed by atoms with E-state index >= 15 is 0 Å². The van der Waals surface area contributed by atoms with Gasteiger partial charge in [0.05, 0.1) is 18.9 Å². The van der Waals surface area contributed by atoms with Crippen LogP contribution < -0.4 is 9.62 Å². The van der Waals surface area contributed by atoms with Crippen LogP contribution >= 0.6 is 35.1 Å². The molecule has 4 aromatic rings. The highest BCUT2D eigenvalue weighted by molar-refractivity contribution is 8.00. The van der Waals surface area contributed by atoms with Crippen LogP contribution in [0.2, 0.25) is 10.0 Å². The van der Waals surface area contributed by atoms with E-state index in [1.54, 1.807) is 35.2 Å². The highest BCUT2D eigenvalue weighted by atomic mass is 35.5. The molecule has 240 valence electrons. The summed E-state index contributed by atoms with van der Waals surface area (Å²) in [6.45, 7) is 7.64. The molecular weight excluding hydrogens is 645 g/mol. The molecule has 1 fully saturated rings. The van der Waals surface area contributed by atoms with Crippen molar-refractivity contribution in [2.45, 2.75) is 37.8 Å². The van der Waals surface area contributed by atoms with Gasteiger partial charge in [0.15, 0.2) is 0 Å². The molecule has 0 unspecified atom stereocenters. The molecule has 0 radical (unpaired) electrons. The predicted molar refractivity (Wildman–Crippen MR) is 184 cm³/mol. The van der Waals surface area contributed by atoms with Crippen molar-refractivity contribution in [3.8, 4) is 0 Å². The number of carbonyl (C=O) groups is 3. The molecule has 1 saturated heterocycles. The molecule has 0 aromatic heterocycles. The zero-order chi connectivity index (χ0) is 32.8. The minimum atomic E-state index is -0.664. The fourth-order valence-corrected chi connectivity index (χ4v) is 6.86. The Morgan fingerprint density at radius 1 is 0.891 bits per heavy atom. The Morgan fingerprint density at radius 2 is 1.54 bits per heavy atom. The highest BCUT2D eigenvalue weighted by Crippen LogP contribution is 2.37. The van der Waals surface area contributed by atoms with Crippen molar-refractivity contribution < 1.29 is 23.9 Å². The third-order valence-electron chi connectivity index (χ3n) is 7.14. The predicted octanol–water partition coefficient (Wildman–Crippen LogP) is 7.40. The van der Waals surface area contributed by atoms with E-state index in [9.17, 15) is 14.4 Å². The standard InChI is InChI=1S/C35H35Cl2N3O5S/c1-35(2,3)45-32(41)22-40(46-26-19-24(36)18-25(37)20-26)31-13-7-10-28-29(31)11-6-12-30(28)33(42)38-21-23-8-4-5-9-27(23)34(43)39-14-16-44-17-15-39/h4-13,18-20H,14-17,21-22H2,1-3H3,(H,38,42). The highest BCUT2D eigenvalue weighted by Gasteiger charge is 2.24. The van der Waals surface area contributed by atoms with Gasteiger partial charge in [-0.05, 0) is 80.1 Å². The Balaban J connectivity index is 1.42. The van der Waals surface area contributed by atoms with Crippen molar-refractivity contribution in [1.29, 1.82) is 0 Å². The second kappa shape index (κ2) is 14.8. The molecule has 0 atom stereocenters. The first-order chi connectivity index (χ1) is 22.0. The van der Waals surface area contributed by atoms with E-state index in [2.05, 4.69) is 5.32 Å². The SMILES string of the molecule is CC(C)(C)OC(=O)CN(Sc1cc(Cl)cc(Cl)c1)c1cccc2c(C(=O)NCc3ccccc3C(=O)N3CCOCC3)cccc12. The number of rotatable bonds is 9. The third kappa shape index (κ3) is 8.53. The second-order valence-corrected chi connectivity index (χ2v) is 13.7. The number of morpholine rings is 1. The molecule has 0 aliphatic carbocycles. The van der Waals surface area contributed by atoms with E-state index in [0.29, 0.717) is 58.5 Å². The topological polar surface area (TPSA) is 88.2 Å². The van der Waals surface area contributed by atoms with Gasteiger partial charge in [-0.1, -0.05) is 65.7 Å². The second-order valence-electron chi connectivity index (χ2n) is 11.7. The summed E-state index contributed by atoms with van der Waals surface area (Å²) in [6.07, 6.45) is 0. The summed E-state index contributed by atoms with van der Waals surface area (Å²) < 4.78 is 12.8. The number of ether oxygens (including phenoxy) is 2. The first-order valence-corrected chi connectivity index (χ1v) is 16.4. The van der Waals surface area contributed by atoms with E-state index < -0.39 is 11.6 Å². The number of hydrogen-bond donors (Lipinski definition) is 1. The van der Waals surface area contributed by atoms with Gasteiger partial charge >= 0.3 is 5.97 Å². The fourth-order valence-electron chi connectivity index (χ4n) is 5.17. The molecule has 1 N–H and O–H groups in total. The van der Waals surface area contributed by atoms with Gasteiger partial charge in [-0.25, -0.2) is 0 Å². The first-order valence-electron chi connectivity index (χ1n) is 14.9. The Kier molecular flexibility index (Phi) is 10.8. The Bertz CT molecular complexity index is 1730. The monoisotopic (exact) mass is 679 g/mol. The molecule has 1 heterocycles. The van der Waals surface area contributed by atoms with Crippen molar-refractivity contribution in [2.75, 3.05) is 37.2 Å². The molecule has 4 aromatic carbocycles. The number of amides is 2. The molecule has 0 bridgehead atoms. The summed E-state index contributed by atoms with van der Waals surface area (Å²) in [5.41, 5.74) is 1.79. The molecule has 0 saturated carbocycles. The molecule has 1 aliphatic heterocycles. The van der Waals surface area contributed by atoms with E-state index in [4.69, 9.17) is 32.7 Å². The molecule has 46 heavy (non-hydrogen) atoms. The smallest absolute Gasteiger partial charge is 0.327 e. The lowest BCUT2D eigenvalue weighted by molar-refractivity contribution is -0.152. The van der Waals surface area contributed by atoms with Gasteiger partial charge in [-0.15, -0.1) is 0 Å². The average molecular weight is 681 g/mol. The Morgan fingerprint density at radius 3 is 2.26 bits per heavy atom. The molecule has 11 heteroatoms. The van der Waals surface area contributed by atoms with Crippen LogP contribution in [0, 0.1) is 0 Å². The molecule has 2 amide bonds. The van der Waals surface area contributed by atoms with Gasteiger partial charge in [-0.3, -0.25) is 14.4 Å². The zero-order valence-corrected chi connectivity index (χ0v) is 28.2. The zero-order valence-electron chi connectivity index (χ0n) is 25.8. The maximum atomic E-state index is 13.7. The number of halogens is 2. The van der Waals surface area contributed by atoms with Crippen molar-refractivity contribution >= 4 is 69.4 Å². The van der Waals surface area contributed by atoms with Crippen LogP contribution in [0.25, 0.3) is 10.8 Å². The van der Waals surface area contributed by atoms with Crippen LogP contribution in [-0.4, -0.2) is 61.1 Å². The fraction of sp³-hybridized carbons (Fsp3) is 0.286. The van der Waals surface area contributed by atoms with Gasteiger partial charge in [0.1, 0.15) is 12.1 Å². The quantitative estimate of drug-likeness (QED) is 0.146. The third-order valence-corrected chi connectivity index (χ3v) is 8.57. The van der Waals surface area contributed by atoms with Crippen LogP contribution in [-0.2, 0) is 20.8 Å². The van der Waals surface area contributed by atoms with Crippen molar-refractivity contribution in [1.82, 2.24) is 10.2 Å². The summed E-state index contributed by atoms with van der Waals surface area (Å²) in [4.78, 5) is 42.4. The van der Waals surface area contributed by atoms with Gasteiger partial charge in [0, 0.05) is 51.1 Å². The number of carbonyl (C=O) groups excluding carboxylic acids is 3. The summed E-state index contributed by atoms with van der Waals surface area (Å²) in [5.74, 6) is -0.778. The van der Waals surface area contributed by atoms with Gasteiger partial charge < -0.3 is 24.0 Å². The van der Waals surface area contributed by atoms with Crippen molar-refractivity contribution in [2.24, 2.45) is 0 Å². The molecule has 5 rings (SSSR count). The van der Waals surface area contributed by atoms with E-state index in [1.807, 2.05) is 73.6 Å². The number of nitrogens with one attached hydrogen (secondary N) is 1. The number of fused-ring (bicyclic) bond motifs is 1. The van der Waals surface area contributed by atoms with Crippen molar-refractivity contribution in [3.63, 3.8) is 0 Å². The summed E-state index contributed by atoms with van der Waals surface area (Å²) >= 11 is 13.9. The van der Waals surface area contributed by atoms with E-state index in [0.717, 1.165) is 15.8 Å². The number of anilines is 1. The number of benzene rings is 4. The molecule has 0 spiro atoms. The maximum Gasteiger partial charge on any atom is 0.327 e. The summed E-state index contributed by atoms with van der Waals surface area (Å²) in [6, 6.07) is 23.6. The molecule has 8 nitrogen and oxygen atoms in total. The van der Waals surface area contributed by atoms with Crippen LogP contribution in [0.15, 0.2) is 83.8 Å². The largest absolute Gasteiger partial charge is 0.459 e. The minimum Gasteiger partial charge on any atom is -0.459 e. The van der Waals surface area contributed by atoms with E-state index in [-0.39, 0.29) is 24.9 Å². The van der Waals surface area contributed by atoms with Crippen molar-refractivity contribution in [3.05, 3.63) is 106 Å². The summed E-state index contributed by atoms with van der Waals surface area (Å²) in [5, 5.41) is 5.42. The lowest BCUT2D eigenvalue weighted by Crippen LogP contribution is -2.41. The Hall–Kier alpha value is -3.76. The number of nitrogens with zero attached hydrogens (tertiary/aromatic N) is 2. The van der Waals surface area contributed by atoms with Gasteiger partial charge in [0.2, 0.25) is 0 Å². The summed E-state index contributed by atoms with van der Waals surface area (Å²) in [7, 11) is 0.